The summed E-state index contributed by atoms with van der Waals surface area (Å²) in [5.41, 5.74) is 0. The topological polar surface area (TPSA) is 270 Å². The Morgan fingerprint density at radius 1 is 0.565 bits per heavy atom. The largest absolute Gasteiger partial charge is 1.00 e. The van der Waals surface area contributed by atoms with Gasteiger partial charge in [0.1, 0.15) is 0 Å². The predicted molar refractivity (Wildman–Crippen MR) is 53.5 cm³/mol. The third kappa shape index (κ3) is 19.1. The maximum atomic E-state index is 11.0. The van der Waals surface area contributed by atoms with Gasteiger partial charge in [-0.2, -0.15) is 12.9 Å². The van der Waals surface area contributed by atoms with Crippen LogP contribution in [0.2, 0.25) is 0 Å². The molecule has 0 aromatic carbocycles. The van der Waals surface area contributed by atoms with E-state index in [9.17, 15) is 32.6 Å². The molecule has 16 nitrogen and oxygen atoms in total. The molecule has 0 saturated heterocycles. The van der Waals surface area contributed by atoms with Crippen molar-refractivity contribution in [1.29, 1.82) is 0 Å². The predicted octanol–water partition coefficient (Wildman–Crippen LogP) is -7.72. The van der Waals surface area contributed by atoms with E-state index in [0.29, 0.717) is 0 Å². The Morgan fingerprint density at radius 3 is 1.09 bits per heavy atom. The Kier molecular flexibility index (Phi) is 15.5. The van der Waals surface area contributed by atoms with Gasteiger partial charge in [-0.15, -0.1) is 0 Å². The van der Waals surface area contributed by atoms with E-state index in [2.05, 4.69) is 17.2 Å². The third-order valence-electron chi connectivity index (χ3n) is 0.825. The van der Waals surface area contributed by atoms with Gasteiger partial charge in [-0.3, -0.25) is 4.31 Å². The first-order valence-corrected chi connectivity index (χ1v) is 11.2. The van der Waals surface area contributed by atoms with E-state index in [1.165, 1.54) is 0 Å². The summed E-state index contributed by atoms with van der Waals surface area (Å²) in [6.45, 7) is 0. The molecule has 0 aliphatic heterocycles. The fourth-order valence-corrected chi connectivity index (χ4v) is 5.90. The fourth-order valence-electron chi connectivity index (χ4n) is 0.566. The molecule has 0 heterocycles. The second-order valence-corrected chi connectivity index (χ2v) is 9.97. The Bertz CT molecular complexity index is 556. The van der Waals surface area contributed by atoms with Crippen molar-refractivity contribution in [2.45, 2.75) is 0 Å². The van der Waals surface area contributed by atoms with E-state index in [-0.39, 0.29) is 103 Å². The van der Waals surface area contributed by atoms with Crippen LogP contribution in [0.25, 0.3) is 0 Å². The summed E-state index contributed by atoms with van der Waals surface area (Å²) >= 11 is 0. The van der Waals surface area contributed by atoms with Crippen LogP contribution in [0.5, 0.6) is 0 Å². The van der Waals surface area contributed by atoms with Gasteiger partial charge in [0.05, 0.1) is 7.82 Å². The van der Waals surface area contributed by atoms with Crippen LogP contribution in [0.3, 0.4) is 0 Å². The molecule has 0 fully saturated rings. The van der Waals surface area contributed by atoms with Crippen LogP contribution in [0.4, 0.5) is 0 Å². The van der Waals surface area contributed by atoms with Crippen LogP contribution in [0, 0.1) is 0 Å². The SMILES string of the molecule is O=P([O-])([O-])OP(=O)(O)OP(=O)(O)OP(=O)(O)OP(=O)(O)O.[K+].[K+]. The molecule has 0 radical (unpaired) electrons. The van der Waals surface area contributed by atoms with E-state index in [1.807, 2.05) is 0 Å². The fraction of sp³-hybridized carbons (Fsp3) is 0. The Morgan fingerprint density at radius 2 is 0.826 bits per heavy atom. The van der Waals surface area contributed by atoms with Crippen LogP contribution in [0.1, 0.15) is 0 Å². The number of hydrogen-bond donors (Lipinski definition) is 5. The molecule has 0 bridgehead atoms. The first kappa shape index (κ1) is 31.7. The summed E-state index contributed by atoms with van der Waals surface area (Å²) in [5.74, 6) is 0. The van der Waals surface area contributed by atoms with Crippen molar-refractivity contribution in [3.63, 3.8) is 0 Å². The molecule has 0 rings (SSSR count). The minimum absolute atomic E-state index is 0. The summed E-state index contributed by atoms with van der Waals surface area (Å²) in [4.78, 5) is 62.2. The van der Waals surface area contributed by atoms with Crippen LogP contribution >= 0.6 is 39.1 Å². The van der Waals surface area contributed by atoms with Crippen LogP contribution < -0.4 is 113 Å². The molecule has 3 atom stereocenters. The zero-order valence-electron chi connectivity index (χ0n) is 11.0. The molecular weight excluding hydrogens is 489 g/mol. The van der Waals surface area contributed by atoms with Crippen molar-refractivity contribution in [3.05, 3.63) is 0 Å². The quantitative estimate of drug-likeness (QED) is 0.155. The van der Waals surface area contributed by atoms with Crippen LogP contribution in [0.15, 0.2) is 0 Å². The smallest absolute Gasteiger partial charge is 0.789 e. The average Bonchev–Trinajstić information content (AvgIpc) is 1.83. The van der Waals surface area contributed by atoms with Crippen molar-refractivity contribution < 1.29 is 177 Å². The summed E-state index contributed by atoms with van der Waals surface area (Å²) in [6, 6.07) is 0. The minimum Gasteiger partial charge on any atom is -0.789 e. The summed E-state index contributed by atoms with van der Waals surface area (Å²) in [7, 11) is -30.1. The summed E-state index contributed by atoms with van der Waals surface area (Å²) in [5, 5.41) is 0. The Balaban J connectivity index is -0.00000200. The van der Waals surface area contributed by atoms with Crippen molar-refractivity contribution in [2.24, 2.45) is 0 Å². The van der Waals surface area contributed by atoms with Crippen molar-refractivity contribution in [1.82, 2.24) is 0 Å². The molecule has 0 aromatic rings. The van der Waals surface area contributed by atoms with Gasteiger partial charge in [0.15, 0.2) is 0 Å². The zero-order chi connectivity index (χ0) is 17.3. The van der Waals surface area contributed by atoms with Gasteiger partial charge in [0.2, 0.25) is 0 Å². The molecule has 0 aliphatic rings. The van der Waals surface area contributed by atoms with E-state index < -0.39 is 39.1 Å². The second-order valence-electron chi connectivity index (χ2n) is 2.67. The normalized spacial score (nSPS) is 20.1. The van der Waals surface area contributed by atoms with Crippen molar-refractivity contribution >= 4 is 39.1 Å². The first-order chi connectivity index (χ1) is 8.83. The van der Waals surface area contributed by atoms with Gasteiger partial charge in [0.25, 0.3) is 0 Å². The monoisotopic (exact) mass is 494 g/mol. The van der Waals surface area contributed by atoms with E-state index >= 15 is 0 Å². The number of phosphoric acid groups is 5. The van der Waals surface area contributed by atoms with Gasteiger partial charge in [-0.05, 0) is 0 Å². The summed E-state index contributed by atoms with van der Waals surface area (Å²) in [6.07, 6.45) is 0. The second kappa shape index (κ2) is 11.2. The molecule has 23 heteroatoms. The van der Waals surface area contributed by atoms with Gasteiger partial charge < -0.3 is 38.8 Å². The van der Waals surface area contributed by atoms with E-state index in [4.69, 9.17) is 24.5 Å². The molecule has 3 unspecified atom stereocenters. The number of rotatable bonds is 8. The molecule has 0 aromatic heterocycles. The number of hydrogen-bond acceptors (Lipinski definition) is 11. The minimum atomic E-state index is -6.17. The molecule has 128 valence electrons. The molecule has 0 spiro atoms. The third-order valence-corrected chi connectivity index (χ3v) is 7.43. The maximum absolute atomic E-state index is 11.0. The molecular formula is H5K2O16P5. The van der Waals surface area contributed by atoms with Crippen LogP contribution in [-0.2, 0) is 40.1 Å². The van der Waals surface area contributed by atoms with Gasteiger partial charge in [-0.25, -0.2) is 18.3 Å². The molecule has 0 amide bonds. The van der Waals surface area contributed by atoms with Crippen LogP contribution in [-0.4, -0.2) is 24.5 Å². The Hall–Kier alpha value is 3.98. The zero-order valence-corrected chi connectivity index (χ0v) is 21.7. The van der Waals surface area contributed by atoms with Gasteiger partial charge in [-0.1, -0.05) is 0 Å². The van der Waals surface area contributed by atoms with Crippen molar-refractivity contribution in [3.8, 4) is 0 Å². The van der Waals surface area contributed by atoms with Crippen molar-refractivity contribution in [2.75, 3.05) is 0 Å². The van der Waals surface area contributed by atoms with E-state index in [0.717, 1.165) is 0 Å². The van der Waals surface area contributed by atoms with Gasteiger partial charge in [0, 0.05) is 0 Å². The maximum Gasteiger partial charge on any atom is 1.00 e. The molecule has 0 aliphatic carbocycles. The molecule has 23 heavy (non-hydrogen) atoms. The molecule has 5 N–H and O–H groups in total. The summed E-state index contributed by atoms with van der Waals surface area (Å²) < 4.78 is 64.9. The first-order valence-electron chi connectivity index (χ1n) is 3.74. The molecule has 0 saturated carbocycles. The average molecular weight is 494 g/mol. The Labute approximate surface area is 212 Å². The standard InChI is InChI=1S/2K.H7O16P5/c;;1-17(2,3)13-19(7,8)15-21(11,12)16-20(9,10)14-18(4,5)6/h;;(H,7,8)(H,9,10)(H,11,12)(H2,1,2,3)(H2,4,5,6)/q2*+1;/p-2. The van der Waals surface area contributed by atoms with Gasteiger partial charge >= 0.3 is 134 Å². The van der Waals surface area contributed by atoms with E-state index in [1.54, 1.807) is 0 Å².